The molecule has 7 heteroatoms. The van der Waals surface area contributed by atoms with Crippen LogP contribution >= 0.6 is 0 Å². The summed E-state index contributed by atoms with van der Waals surface area (Å²) in [5, 5.41) is 16.6. The third kappa shape index (κ3) is 3.92. The Morgan fingerprint density at radius 2 is 2.10 bits per heavy atom. The normalized spacial score (nSPS) is 11.0. The summed E-state index contributed by atoms with van der Waals surface area (Å²) in [6.07, 6.45) is 0. The largest absolute Gasteiger partial charge is 0.388 e. The van der Waals surface area contributed by atoms with Crippen molar-refractivity contribution < 1.29 is 14.5 Å². The van der Waals surface area contributed by atoms with E-state index in [0.717, 1.165) is 0 Å². The van der Waals surface area contributed by atoms with Crippen molar-refractivity contribution in [3.63, 3.8) is 0 Å². The number of carbonyl (C=O) groups is 1. The van der Waals surface area contributed by atoms with E-state index in [1.54, 1.807) is 27.0 Å². The first-order chi connectivity index (χ1) is 9.30. The van der Waals surface area contributed by atoms with Crippen molar-refractivity contribution in [2.24, 2.45) is 0 Å². The van der Waals surface area contributed by atoms with E-state index in [1.165, 1.54) is 19.2 Å². The highest BCUT2D eigenvalue weighted by Gasteiger charge is 2.26. The van der Waals surface area contributed by atoms with Crippen LogP contribution in [0.15, 0.2) is 18.2 Å². The quantitative estimate of drug-likeness (QED) is 0.612. The van der Waals surface area contributed by atoms with E-state index < -0.39 is 16.4 Å². The van der Waals surface area contributed by atoms with Crippen molar-refractivity contribution in [1.82, 2.24) is 5.32 Å². The number of hydrogen-bond acceptors (Lipinski definition) is 5. The lowest BCUT2D eigenvalue weighted by Crippen LogP contribution is -2.46. The van der Waals surface area contributed by atoms with Crippen molar-refractivity contribution in [3.8, 4) is 0 Å². The fraction of sp³-hybridized carbons (Fsp3) is 0.462. The van der Waals surface area contributed by atoms with Crippen molar-refractivity contribution in [2.45, 2.75) is 19.4 Å². The minimum atomic E-state index is -0.616. The maximum Gasteiger partial charge on any atom is 0.282 e. The smallest absolute Gasteiger partial charge is 0.282 e. The lowest BCUT2D eigenvalue weighted by Gasteiger charge is -2.25. The van der Waals surface area contributed by atoms with Crippen molar-refractivity contribution >= 4 is 17.3 Å². The summed E-state index contributed by atoms with van der Waals surface area (Å²) in [6, 6.07) is 4.32. The zero-order valence-electron chi connectivity index (χ0n) is 12.0. The summed E-state index contributed by atoms with van der Waals surface area (Å²) in [6.45, 7) is 3.86. The van der Waals surface area contributed by atoms with Gasteiger partial charge in [-0.05, 0) is 26.0 Å². The number of hydrogen-bond donors (Lipinski definition) is 2. The van der Waals surface area contributed by atoms with Gasteiger partial charge in [-0.2, -0.15) is 0 Å². The van der Waals surface area contributed by atoms with Crippen LogP contribution in [0.25, 0.3) is 0 Å². The van der Waals surface area contributed by atoms with E-state index in [-0.39, 0.29) is 11.3 Å². The Hall–Kier alpha value is -2.15. The van der Waals surface area contributed by atoms with Crippen LogP contribution in [0.1, 0.15) is 24.2 Å². The Morgan fingerprint density at radius 3 is 2.60 bits per heavy atom. The van der Waals surface area contributed by atoms with Gasteiger partial charge in [0, 0.05) is 25.9 Å². The number of amides is 1. The van der Waals surface area contributed by atoms with Crippen LogP contribution in [0.2, 0.25) is 0 Å². The summed E-state index contributed by atoms with van der Waals surface area (Å²) in [5.41, 5.74) is -0.193. The molecule has 0 bridgehead atoms. The molecule has 0 saturated carbocycles. The number of nitro groups is 1. The molecule has 1 amide bonds. The number of methoxy groups -OCH3 is 1. The molecule has 2 N–H and O–H groups in total. The zero-order chi connectivity index (χ0) is 15.3. The summed E-state index contributed by atoms with van der Waals surface area (Å²) in [4.78, 5) is 22.7. The number of rotatable bonds is 6. The van der Waals surface area contributed by atoms with Gasteiger partial charge in [0.2, 0.25) is 0 Å². The second kappa shape index (κ2) is 6.33. The highest BCUT2D eigenvalue weighted by atomic mass is 16.6. The monoisotopic (exact) mass is 281 g/mol. The van der Waals surface area contributed by atoms with Gasteiger partial charge in [0.1, 0.15) is 5.56 Å². The van der Waals surface area contributed by atoms with Crippen LogP contribution in [0.3, 0.4) is 0 Å². The van der Waals surface area contributed by atoms with E-state index in [0.29, 0.717) is 12.3 Å². The van der Waals surface area contributed by atoms with Gasteiger partial charge in [0.25, 0.3) is 11.6 Å². The molecule has 1 aromatic rings. The molecule has 7 nitrogen and oxygen atoms in total. The molecule has 20 heavy (non-hydrogen) atoms. The molecule has 0 aromatic heterocycles. The number of nitrogens with zero attached hydrogens (tertiary/aromatic N) is 1. The minimum absolute atomic E-state index is 0.0195. The molecule has 0 aliphatic rings. The maximum absolute atomic E-state index is 12.2. The van der Waals surface area contributed by atoms with Gasteiger partial charge < -0.3 is 15.4 Å². The molecule has 0 atom stereocenters. The Kier molecular flexibility index (Phi) is 5.04. The second-order valence-corrected chi connectivity index (χ2v) is 5.01. The van der Waals surface area contributed by atoms with Crippen LogP contribution in [-0.2, 0) is 4.74 Å². The Balaban J connectivity index is 3.10. The summed E-state index contributed by atoms with van der Waals surface area (Å²) in [7, 11) is 3.20. The standard InChI is InChI=1S/C13H19N3O4/c1-13(2,8-20-4)15-12(17)10-7-9(14-3)5-6-11(10)16(18)19/h5-7,14H,8H2,1-4H3,(H,15,17). The number of carbonyl (C=O) groups excluding carboxylic acids is 1. The molecule has 110 valence electrons. The van der Waals surface area contributed by atoms with Crippen molar-refractivity contribution in [1.29, 1.82) is 0 Å². The average molecular weight is 281 g/mol. The fourth-order valence-corrected chi connectivity index (χ4v) is 1.80. The van der Waals surface area contributed by atoms with Gasteiger partial charge in [-0.15, -0.1) is 0 Å². The lowest BCUT2D eigenvalue weighted by atomic mass is 10.0. The third-order valence-corrected chi connectivity index (χ3v) is 2.68. The van der Waals surface area contributed by atoms with E-state index in [1.807, 2.05) is 0 Å². The van der Waals surface area contributed by atoms with Gasteiger partial charge >= 0.3 is 0 Å². The number of nitrogens with one attached hydrogen (secondary N) is 2. The molecule has 1 rings (SSSR count). The molecular weight excluding hydrogens is 262 g/mol. The van der Waals surface area contributed by atoms with Gasteiger partial charge in [-0.3, -0.25) is 14.9 Å². The number of benzene rings is 1. The van der Waals surface area contributed by atoms with E-state index in [4.69, 9.17) is 4.74 Å². The SMILES string of the molecule is CNc1ccc([N+](=O)[O-])c(C(=O)NC(C)(C)COC)c1. The van der Waals surface area contributed by atoms with Crippen molar-refractivity contribution in [2.75, 3.05) is 26.1 Å². The molecule has 0 radical (unpaired) electrons. The average Bonchev–Trinajstić information content (AvgIpc) is 2.37. The molecular formula is C13H19N3O4. The fourth-order valence-electron chi connectivity index (χ4n) is 1.80. The van der Waals surface area contributed by atoms with Crippen LogP contribution < -0.4 is 10.6 Å². The van der Waals surface area contributed by atoms with Crippen LogP contribution in [0, 0.1) is 10.1 Å². The van der Waals surface area contributed by atoms with E-state index in [9.17, 15) is 14.9 Å². The minimum Gasteiger partial charge on any atom is -0.388 e. The number of anilines is 1. The molecule has 1 aromatic carbocycles. The van der Waals surface area contributed by atoms with Crippen LogP contribution in [0.5, 0.6) is 0 Å². The van der Waals surface area contributed by atoms with E-state index >= 15 is 0 Å². The first-order valence-electron chi connectivity index (χ1n) is 6.08. The number of ether oxygens (including phenoxy) is 1. The molecule has 0 fully saturated rings. The predicted octanol–water partition coefficient (Wildman–Crippen LogP) is 1.79. The Morgan fingerprint density at radius 1 is 1.45 bits per heavy atom. The topological polar surface area (TPSA) is 93.5 Å². The summed E-state index contributed by atoms with van der Waals surface area (Å²) >= 11 is 0. The van der Waals surface area contributed by atoms with Crippen LogP contribution in [-0.4, -0.2) is 37.1 Å². The summed E-state index contributed by atoms with van der Waals surface area (Å²) < 4.78 is 5.01. The highest BCUT2D eigenvalue weighted by Crippen LogP contribution is 2.23. The van der Waals surface area contributed by atoms with Gasteiger partial charge in [-0.25, -0.2) is 0 Å². The third-order valence-electron chi connectivity index (χ3n) is 2.68. The molecule has 0 unspecified atom stereocenters. The zero-order valence-corrected chi connectivity index (χ0v) is 12.0. The molecule has 0 spiro atoms. The van der Waals surface area contributed by atoms with Crippen molar-refractivity contribution in [3.05, 3.63) is 33.9 Å². The Labute approximate surface area is 117 Å². The first-order valence-corrected chi connectivity index (χ1v) is 6.08. The summed E-state index contributed by atoms with van der Waals surface area (Å²) in [5.74, 6) is -0.504. The van der Waals surface area contributed by atoms with Gasteiger partial charge in [0.15, 0.2) is 0 Å². The van der Waals surface area contributed by atoms with Crippen LogP contribution in [0.4, 0.5) is 11.4 Å². The molecule has 0 aliphatic carbocycles. The number of nitro benzene ring substituents is 1. The molecule has 0 heterocycles. The van der Waals surface area contributed by atoms with Gasteiger partial charge in [0.05, 0.1) is 17.1 Å². The lowest BCUT2D eigenvalue weighted by molar-refractivity contribution is -0.385. The second-order valence-electron chi connectivity index (χ2n) is 5.01. The predicted molar refractivity (Wildman–Crippen MR) is 76.1 cm³/mol. The first kappa shape index (κ1) is 15.9. The highest BCUT2D eigenvalue weighted by molar-refractivity contribution is 5.99. The maximum atomic E-state index is 12.2. The van der Waals surface area contributed by atoms with E-state index in [2.05, 4.69) is 10.6 Å². The van der Waals surface area contributed by atoms with Gasteiger partial charge in [-0.1, -0.05) is 0 Å². The Bertz CT molecular complexity index is 514. The molecule has 0 aliphatic heterocycles. The molecule has 0 saturated heterocycles.